The van der Waals surface area contributed by atoms with Crippen molar-refractivity contribution in [2.75, 3.05) is 6.54 Å². The van der Waals surface area contributed by atoms with Gasteiger partial charge in [0.1, 0.15) is 11.1 Å². The third-order valence-corrected chi connectivity index (χ3v) is 6.85. The summed E-state index contributed by atoms with van der Waals surface area (Å²) < 4.78 is 38.7. The maximum atomic E-state index is 13.1. The average Bonchev–Trinajstić information content (AvgIpc) is 2.97. The van der Waals surface area contributed by atoms with E-state index in [0.29, 0.717) is 6.54 Å². The van der Waals surface area contributed by atoms with E-state index >= 15 is 0 Å². The standard InChI is InChI=1S/C19H20FNO3S/c1-13-3-9-17(10-4-13)25(23,24)18-11-12-21(19(18)22)14(2)15-5-7-16(20)8-6-15/h3-10,14,18H,11-12H2,1-2H3. The number of amides is 1. The van der Waals surface area contributed by atoms with Crippen molar-refractivity contribution in [3.8, 4) is 0 Å². The first-order valence-electron chi connectivity index (χ1n) is 8.17. The van der Waals surface area contributed by atoms with Gasteiger partial charge < -0.3 is 4.90 Å². The predicted molar refractivity (Wildman–Crippen MR) is 93.3 cm³/mol. The van der Waals surface area contributed by atoms with Crippen LogP contribution in [0.1, 0.15) is 30.5 Å². The number of halogens is 1. The van der Waals surface area contributed by atoms with Crippen molar-refractivity contribution in [2.24, 2.45) is 0 Å². The van der Waals surface area contributed by atoms with Gasteiger partial charge in [-0.15, -0.1) is 0 Å². The quantitative estimate of drug-likeness (QED) is 0.840. The molecule has 6 heteroatoms. The number of hydrogen-bond donors (Lipinski definition) is 0. The van der Waals surface area contributed by atoms with Gasteiger partial charge in [-0.3, -0.25) is 4.79 Å². The third-order valence-electron chi connectivity index (χ3n) is 4.73. The molecule has 0 saturated carbocycles. The maximum Gasteiger partial charge on any atom is 0.241 e. The van der Waals surface area contributed by atoms with E-state index in [1.54, 1.807) is 41.3 Å². The lowest BCUT2D eigenvalue weighted by atomic mass is 10.1. The fraction of sp³-hybridized carbons (Fsp3) is 0.316. The summed E-state index contributed by atoms with van der Waals surface area (Å²) in [5.41, 5.74) is 1.74. The molecule has 132 valence electrons. The third kappa shape index (κ3) is 3.31. The monoisotopic (exact) mass is 361 g/mol. The maximum absolute atomic E-state index is 13.1. The Bertz CT molecular complexity index is 876. The van der Waals surface area contributed by atoms with Crippen molar-refractivity contribution in [2.45, 2.75) is 36.5 Å². The van der Waals surface area contributed by atoms with Gasteiger partial charge in [0.25, 0.3) is 0 Å². The van der Waals surface area contributed by atoms with Crippen LogP contribution in [0.5, 0.6) is 0 Å². The Balaban J connectivity index is 1.83. The predicted octanol–water partition coefficient (Wildman–Crippen LogP) is 3.27. The number of likely N-dealkylation sites (tertiary alicyclic amines) is 1. The number of sulfone groups is 1. The minimum atomic E-state index is -3.71. The molecule has 1 saturated heterocycles. The molecule has 1 amide bonds. The normalized spacial score (nSPS) is 19.2. The number of benzene rings is 2. The van der Waals surface area contributed by atoms with Crippen LogP contribution >= 0.6 is 0 Å². The van der Waals surface area contributed by atoms with Gasteiger partial charge in [0.15, 0.2) is 9.84 Å². The minimum absolute atomic E-state index is 0.174. The van der Waals surface area contributed by atoms with Gasteiger partial charge in [-0.2, -0.15) is 0 Å². The summed E-state index contributed by atoms with van der Waals surface area (Å²) in [7, 11) is -3.71. The second-order valence-electron chi connectivity index (χ2n) is 6.39. The number of rotatable bonds is 4. The number of nitrogens with zero attached hydrogens (tertiary/aromatic N) is 1. The molecule has 3 rings (SSSR count). The highest BCUT2D eigenvalue weighted by atomic mass is 32.2. The molecule has 0 aromatic heterocycles. The fourth-order valence-electron chi connectivity index (χ4n) is 3.16. The molecule has 2 aromatic rings. The van der Waals surface area contributed by atoms with Crippen LogP contribution in [-0.4, -0.2) is 31.0 Å². The SMILES string of the molecule is Cc1ccc(S(=O)(=O)C2CCN(C(C)c3ccc(F)cc3)C2=O)cc1. The Hall–Kier alpha value is -2.21. The van der Waals surface area contributed by atoms with Crippen LogP contribution in [0.2, 0.25) is 0 Å². The van der Waals surface area contributed by atoms with Crippen molar-refractivity contribution in [3.05, 3.63) is 65.5 Å². The minimum Gasteiger partial charge on any atom is -0.335 e. The van der Waals surface area contributed by atoms with Crippen molar-refractivity contribution in [1.29, 1.82) is 0 Å². The van der Waals surface area contributed by atoms with E-state index < -0.39 is 21.0 Å². The van der Waals surface area contributed by atoms with E-state index in [2.05, 4.69) is 0 Å². The van der Waals surface area contributed by atoms with Gasteiger partial charge in [-0.25, -0.2) is 12.8 Å². The Labute approximate surface area is 147 Å². The molecule has 1 heterocycles. The van der Waals surface area contributed by atoms with Gasteiger partial charge in [-0.05, 0) is 50.1 Å². The van der Waals surface area contributed by atoms with Crippen LogP contribution in [-0.2, 0) is 14.6 Å². The van der Waals surface area contributed by atoms with Gasteiger partial charge >= 0.3 is 0 Å². The molecule has 0 bridgehead atoms. The summed E-state index contributed by atoms with van der Waals surface area (Å²) in [6.07, 6.45) is 0.264. The molecule has 1 aliphatic rings. The Morgan fingerprint density at radius 3 is 2.28 bits per heavy atom. The van der Waals surface area contributed by atoms with Crippen LogP contribution in [0.25, 0.3) is 0 Å². The zero-order valence-corrected chi connectivity index (χ0v) is 15.0. The zero-order chi connectivity index (χ0) is 18.2. The summed E-state index contributed by atoms with van der Waals surface area (Å²) in [5, 5.41) is -1.06. The van der Waals surface area contributed by atoms with Gasteiger partial charge in [0.05, 0.1) is 10.9 Å². The Kier molecular flexibility index (Phi) is 4.64. The molecule has 0 N–H and O–H groups in total. The molecule has 2 aromatic carbocycles. The van der Waals surface area contributed by atoms with E-state index in [1.807, 2.05) is 13.8 Å². The fourth-order valence-corrected chi connectivity index (χ4v) is 4.82. The lowest BCUT2D eigenvalue weighted by Crippen LogP contribution is -2.35. The molecule has 0 spiro atoms. The van der Waals surface area contributed by atoms with Gasteiger partial charge in [0, 0.05) is 6.54 Å². The van der Waals surface area contributed by atoms with Crippen LogP contribution in [0.15, 0.2) is 53.4 Å². The molecular formula is C19H20FNO3S. The number of hydrogen-bond acceptors (Lipinski definition) is 3. The van der Waals surface area contributed by atoms with Gasteiger partial charge in [-0.1, -0.05) is 29.8 Å². The number of carbonyl (C=O) groups is 1. The summed E-state index contributed by atoms with van der Waals surface area (Å²) in [5.74, 6) is -0.735. The Morgan fingerprint density at radius 1 is 1.08 bits per heavy atom. The van der Waals surface area contributed by atoms with Crippen LogP contribution in [0.3, 0.4) is 0 Å². The lowest BCUT2D eigenvalue weighted by molar-refractivity contribution is -0.129. The zero-order valence-electron chi connectivity index (χ0n) is 14.1. The topological polar surface area (TPSA) is 54.5 Å². The van der Waals surface area contributed by atoms with E-state index in [-0.39, 0.29) is 23.2 Å². The molecular weight excluding hydrogens is 341 g/mol. The van der Waals surface area contributed by atoms with Crippen LogP contribution < -0.4 is 0 Å². The highest BCUT2D eigenvalue weighted by Gasteiger charge is 2.43. The van der Waals surface area contributed by atoms with E-state index in [1.165, 1.54) is 12.1 Å². The van der Waals surface area contributed by atoms with E-state index in [9.17, 15) is 17.6 Å². The van der Waals surface area contributed by atoms with Gasteiger partial charge in [0.2, 0.25) is 5.91 Å². The lowest BCUT2D eigenvalue weighted by Gasteiger charge is -2.25. The first kappa shape index (κ1) is 17.6. The summed E-state index contributed by atoms with van der Waals surface area (Å²) in [6, 6.07) is 12.2. The number of aryl methyl sites for hydroxylation is 1. The van der Waals surface area contributed by atoms with Crippen molar-refractivity contribution >= 4 is 15.7 Å². The van der Waals surface area contributed by atoms with Crippen molar-refractivity contribution < 1.29 is 17.6 Å². The van der Waals surface area contributed by atoms with Crippen molar-refractivity contribution in [1.82, 2.24) is 4.90 Å². The second kappa shape index (κ2) is 6.59. The molecule has 2 atom stereocenters. The number of carbonyl (C=O) groups excluding carboxylic acids is 1. The van der Waals surface area contributed by atoms with E-state index in [4.69, 9.17) is 0 Å². The summed E-state index contributed by atoms with van der Waals surface area (Å²) in [4.78, 5) is 14.5. The molecule has 4 nitrogen and oxygen atoms in total. The van der Waals surface area contributed by atoms with E-state index in [0.717, 1.165) is 11.1 Å². The molecule has 1 aliphatic heterocycles. The first-order valence-corrected chi connectivity index (χ1v) is 9.72. The molecule has 25 heavy (non-hydrogen) atoms. The largest absolute Gasteiger partial charge is 0.335 e. The first-order chi connectivity index (χ1) is 11.8. The Morgan fingerprint density at radius 2 is 1.68 bits per heavy atom. The highest BCUT2D eigenvalue weighted by molar-refractivity contribution is 7.92. The smallest absolute Gasteiger partial charge is 0.241 e. The average molecular weight is 361 g/mol. The molecule has 0 radical (unpaired) electrons. The van der Waals surface area contributed by atoms with Crippen LogP contribution in [0.4, 0.5) is 4.39 Å². The highest BCUT2D eigenvalue weighted by Crippen LogP contribution is 2.31. The molecule has 2 unspecified atom stereocenters. The van der Waals surface area contributed by atoms with Crippen LogP contribution in [0, 0.1) is 12.7 Å². The molecule has 1 fully saturated rings. The summed E-state index contributed by atoms with van der Waals surface area (Å²) >= 11 is 0. The summed E-state index contributed by atoms with van der Waals surface area (Å²) in [6.45, 7) is 4.07. The molecule has 0 aliphatic carbocycles. The van der Waals surface area contributed by atoms with Crippen molar-refractivity contribution in [3.63, 3.8) is 0 Å². The second-order valence-corrected chi connectivity index (χ2v) is 8.52.